The largest absolute Gasteiger partial charge is 0.497 e. The maximum Gasteiger partial charge on any atom is 0.214 e. The van der Waals surface area contributed by atoms with Crippen LogP contribution in [0.5, 0.6) is 5.75 Å². The van der Waals surface area contributed by atoms with Crippen LogP contribution in [0.25, 0.3) is 0 Å². The average Bonchev–Trinajstić information content (AvgIpc) is 2.85. The summed E-state index contributed by atoms with van der Waals surface area (Å²) >= 11 is 0. The third-order valence-electron chi connectivity index (χ3n) is 5.69. The number of hydrogen-bond donors (Lipinski definition) is 1. The van der Waals surface area contributed by atoms with Gasteiger partial charge in [-0.05, 0) is 24.1 Å². The summed E-state index contributed by atoms with van der Waals surface area (Å²) in [7, 11) is 1.51. The Balaban J connectivity index is 2.30. The number of hydrogen-bond acceptors (Lipinski definition) is 7. The van der Waals surface area contributed by atoms with Crippen molar-refractivity contribution in [1.82, 2.24) is 0 Å². The van der Waals surface area contributed by atoms with Gasteiger partial charge >= 0.3 is 0 Å². The van der Waals surface area contributed by atoms with E-state index in [4.69, 9.17) is 19.6 Å². The van der Waals surface area contributed by atoms with Crippen LogP contribution in [0.4, 0.5) is 0 Å². The highest BCUT2D eigenvalue weighted by Gasteiger charge is 2.79. The van der Waals surface area contributed by atoms with Crippen molar-refractivity contribution in [2.75, 3.05) is 7.11 Å². The lowest BCUT2D eigenvalue weighted by Crippen LogP contribution is -2.58. The summed E-state index contributed by atoms with van der Waals surface area (Å²) in [5, 5.41) is 38.8. The first kappa shape index (κ1) is 18.7. The van der Waals surface area contributed by atoms with Crippen LogP contribution in [0, 0.1) is 56.2 Å². The third-order valence-corrected chi connectivity index (χ3v) is 5.69. The van der Waals surface area contributed by atoms with Crippen molar-refractivity contribution in [3.8, 4) is 24.0 Å². The zero-order chi connectivity index (χ0) is 19.9. The van der Waals surface area contributed by atoms with Crippen LogP contribution in [0.15, 0.2) is 24.3 Å². The molecule has 0 saturated carbocycles. The van der Waals surface area contributed by atoms with E-state index >= 15 is 0 Å². The van der Waals surface area contributed by atoms with Crippen LogP contribution in [-0.4, -0.2) is 18.8 Å². The molecule has 0 amide bonds. The molecule has 138 valence electrons. The predicted octanol–water partition coefficient (Wildman–Crippen LogP) is 3.45. The van der Waals surface area contributed by atoms with Crippen molar-refractivity contribution < 1.29 is 14.2 Å². The van der Waals surface area contributed by atoms with E-state index in [1.165, 1.54) is 7.11 Å². The Morgan fingerprint density at radius 2 is 1.93 bits per heavy atom. The third kappa shape index (κ3) is 2.17. The molecule has 3 rings (SSSR count). The lowest BCUT2D eigenvalue weighted by Gasteiger charge is -2.48. The molecule has 7 heteroatoms. The normalized spacial score (nSPS) is 33.3. The Bertz CT molecular complexity index is 895. The molecule has 2 fully saturated rings. The van der Waals surface area contributed by atoms with Gasteiger partial charge in [0.25, 0.3) is 0 Å². The zero-order valence-corrected chi connectivity index (χ0v) is 15.4. The Labute approximate surface area is 158 Å². The van der Waals surface area contributed by atoms with E-state index in [2.05, 4.69) is 6.07 Å². The maximum absolute atomic E-state index is 10.2. The molecule has 0 aromatic heterocycles. The topological polar surface area (TPSA) is 123 Å². The van der Waals surface area contributed by atoms with Gasteiger partial charge in [0.1, 0.15) is 11.9 Å². The van der Waals surface area contributed by atoms with E-state index < -0.39 is 28.6 Å². The second-order valence-corrected chi connectivity index (χ2v) is 7.01. The predicted molar refractivity (Wildman–Crippen MR) is 94.1 cm³/mol. The van der Waals surface area contributed by atoms with E-state index in [9.17, 15) is 15.8 Å². The van der Waals surface area contributed by atoms with Crippen LogP contribution in [0.1, 0.15) is 38.4 Å². The van der Waals surface area contributed by atoms with E-state index in [1.54, 1.807) is 31.2 Å². The average molecular weight is 364 g/mol. The number of nitrogens with zero attached hydrogens (tertiary/aromatic N) is 3. The second-order valence-electron chi connectivity index (χ2n) is 7.01. The Morgan fingerprint density at radius 1 is 1.22 bits per heavy atom. The number of nitriles is 3. The van der Waals surface area contributed by atoms with E-state index in [1.807, 2.05) is 19.1 Å². The van der Waals surface area contributed by atoms with Crippen LogP contribution in [-0.2, 0) is 9.47 Å². The Hall–Kier alpha value is -3.08. The fourth-order valence-corrected chi connectivity index (χ4v) is 4.42. The van der Waals surface area contributed by atoms with E-state index in [0.717, 1.165) is 0 Å². The molecule has 2 aliphatic heterocycles. The van der Waals surface area contributed by atoms with Crippen molar-refractivity contribution in [2.24, 2.45) is 16.7 Å². The molecule has 4 unspecified atom stereocenters. The van der Waals surface area contributed by atoms with E-state index in [0.29, 0.717) is 24.2 Å². The first-order valence-electron chi connectivity index (χ1n) is 8.72. The highest BCUT2D eigenvalue weighted by molar-refractivity contribution is 5.89. The number of fused-ring (bicyclic) bond motifs is 2. The Morgan fingerprint density at radius 3 is 2.48 bits per heavy atom. The number of methoxy groups -OCH3 is 1. The monoisotopic (exact) mass is 364 g/mol. The quantitative estimate of drug-likeness (QED) is 0.873. The summed E-state index contributed by atoms with van der Waals surface area (Å²) < 4.78 is 17.1. The summed E-state index contributed by atoms with van der Waals surface area (Å²) in [5.74, 6) is -1.71. The molecule has 2 heterocycles. The molecule has 1 aromatic rings. The lowest BCUT2D eigenvalue weighted by molar-refractivity contribution is -0.274. The molecule has 2 saturated heterocycles. The summed E-state index contributed by atoms with van der Waals surface area (Å²) in [4.78, 5) is 0. The minimum Gasteiger partial charge on any atom is -0.497 e. The first-order chi connectivity index (χ1) is 12.9. The van der Waals surface area contributed by atoms with E-state index in [-0.39, 0.29) is 5.90 Å². The van der Waals surface area contributed by atoms with Crippen molar-refractivity contribution in [1.29, 1.82) is 21.2 Å². The zero-order valence-electron chi connectivity index (χ0n) is 15.4. The molecule has 27 heavy (non-hydrogen) atoms. The number of rotatable bonds is 4. The van der Waals surface area contributed by atoms with Gasteiger partial charge in [0.2, 0.25) is 17.1 Å². The number of nitrogens with one attached hydrogen (secondary N) is 1. The molecule has 2 aliphatic rings. The summed E-state index contributed by atoms with van der Waals surface area (Å²) in [6.07, 6.45) is 0.117. The van der Waals surface area contributed by atoms with Gasteiger partial charge in [-0.25, -0.2) is 0 Å². The highest BCUT2D eigenvalue weighted by Crippen LogP contribution is 2.67. The SMILES string of the molecule is CCCC1C2(C)OC(=N)C1(C#N)C(C#N)(C#N)C(c1cccc(OC)c1)O2. The van der Waals surface area contributed by atoms with Gasteiger partial charge in [-0.2, -0.15) is 15.8 Å². The van der Waals surface area contributed by atoms with Crippen molar-refractivity contribution >= 4 is 5.90 Å². The maximum atomic E-state index is 10.2. The van der Waals surface area contributed by atoms with Gasteiger partial charge in [-0.1, -0.05) is 25.5 Å². The summed E-state index contributed by atoms with van der Waals surface area (Å²) in [5.41, 5.74) is -3.12. The minimum atomic E-state index is -1.93. The standard InChI is InChI=1S/C20H20N4O3/c1-4-6-15-18(2)26-16(13-7-5-8-14(9-13)25-3)19(10-21,11-22)20(15,12-23)17(24)27-18/h5,7-9,15-16,24H,4,6H2,1-3H3. The summed E-state index contributed by atoms with van der Waals surface area (Å²) in [6, 6.07) is 13.1. The fourth-order valence-electron chi connectivity index (χ4n) is 4.42. The summed E-state index contributed by atoms with van der Waals surface area (Å²) in [6.45, 7) is 3.61. The van der Waals surface area contributed by atoms with Crippen molar-refractivity contribution in [3.05, 3.63) is 29.8 Å². The first-order valence-corrected chi connectivity index (χ1v) is 8.72. The van der Waals surface area contributed by atoms with Crippen molar-refractivity contribution in [2.45, 2.75) is 38.6 Å². The lowest BCUT2D eigenvalue weighted by atomic mass is 9.53. The van der Waals surface area contributed by atoms with Crippen LogP contribution < -0.4 is 4.74 Å². The van der Waals surface area contributed by atoms with Crippen molar-refractivity contribution in [3.63, 3.8) is 0 Å². The Kier molecular flexibility index (Phi) is 4.34. The van der Waals surface area contributed by atoms with Gasteiger partial charge in [0.15, 0.2) is 5.41 Å². The fraction of sp³-hybridized carbons (Fsp3) is 0.500. The van der Waals surface area contributed by atoms with Gasteiger partial charge in [0.05, 0.1) is 31.2 Å². The molecule has 0 aliphatic carbocycles. The number of benzene rings is 1. The molecule has 2 bridgehead atoms. The molecule has 7 nitrogen and oxygen atoms in total. The molecule has 1 aromatic carbocycles. The van der Waals surface area contributed by atoms with Gasteiger partial charge in [-0.3, -0.25) is 5.41 Å². The molecule has 0 radical (unpaired) electrons. The second kappa shape index (κ2) is 6.27. The molecule has 4 atom stereocenters. The molecule has 1 N–H and O–H groups in total. The van der Waals surface area contributed by atoms with Gasteiger partial charge < -0.3 is 14.2 Å². The molecular formula is C20H20N4O3. The smallest absolute Gasteiger partial charge is 0.214 e. The van der Waals surface area contributed by atoms with Crippen LogP contribution in [0.3, 0.4) is 0 Å². The van der Waals surface area contributed by atoms with Gasteiger partial charge in [0, 0.05) is 6.92 Å². The molecular weight excluding hydrogens is 344 g/mol. The van der Waals surface area contributed by atoms with Crippen LogP contribution >= 0.6 is 0 Å². The minimum absolute atomic E-state index is 0.376. The number of ether oxygens (including phenoxy) is 3. The van der Waals surface area contributed by atoms with Gasteiger partial charge in [-0.15, -0.1) is 0 Å². The molecule has 0 spiro atoms. The van der Waals surface area contributed by atoms with Crippen LogP contribution in [0.2, 0.25) is 0 Å². The highest BCUT2D eigenvalue weighted by atomic mass is 16.7.